The van der Waals surface area contributed by atoms with Gasteiger partial charge in [0.2, 0.25) is 0 Å². The van der Waals surface area contributed by atoms with Crippen LogP contribution in [0.2, 0.25) is 0 Å². The number of aliphatic imine (C=N–C) groups is 1. The number of nitrogens with one attached hydrogen (secondary N) is 2. The van der Waals surface area contributed by atoms with E-state index in [2.05, 4.69) is 51.4 Å². The highest BCUT2D eigenvalue weighted by Gasteiger charge is 2.21. The normalized spacial score (nSPS) is 21.5. The molecule has 1 aliphatic rings. The largest absolute Gasteiger partial charge is 0.355 e. The van der Waals surface area contributed by atoms with Crippen LogP contribution in [0.1, 0.15) is 9.88 Å². The number of guanidine groups is 1. The molecular weight excluding hydrogens is 284 g/mol. The van der Waals surface area contributed by atoms with Crippen molar-refractivity contribution < 1.29 is 0 Å². The third-order valence-electron chi connectivity index (χ3n) is 3.79. The van der Waals surface area contributed by atoms with Crippen molar-refractivity contribution >= 4 is 17.3 Å². The van der Waals surface area contributed by atoms with Crippen LogP contribution in [0.15, 0.2) is 11.2 Å². The van der Waals surface area contributed by atoms with Gasteiger partial charge in [0, 0.05) is 50.3 Å². The first-order valence-electron chi connectivity index (χ1n) is 7.33. The Hall–Kier alpha value is -1.18. The van der Waals surface area contributed by atoms with Crippen LogP contribution in [0.4, 0.5) is 0 Å². The number of rotatable bonds is 4. The van der Waals surface area contributed by atoms with Crippen LogP contribution in [-0.4, -0.2) is 74.1 Å². The van der Waals surface area contributed by atoms with Crippen LogP contribution in [0.3, 0.4) is 0 Å². The molecule has 0 aliphatic carbocycles. The van der Waals surface area contributed by atoms with Crippen molar-refractivity contribution in [2.75, 3.05) is 47.3 Å². The summed E-state index contributed by atoms with van der Waals surface area (Å²) in [6, 6.07) is 0.518. The van der Waals surface area contributed by atoms with Crippen LogP contribution in [-0.2, 0) is 6.54 Å². The monoisotopic (exact) mass is 310 g/mol. The highest BCUT2D eigenvalue weighted by Crippen LogP contribution is 2.10. The van der Waals surface area contributed by atoms with Gasteiger partial charge in [-0.15, -0.1) is 11.3 Å². The van der Waals surface area contributed by atoms with Gasteiger partial charge in [-0.25, -0.2) is 4.98 Å². The standard InChI is InChI=1S/C14H26N6S/c1-11-7-16-13(21-11)9-18-14(15-2)17-8-12-10-19(3)5-6-20(12)4/h7,12H,5-6,8-10H2,1-4H3,(H2,15,17,18). The van der Waals surface area contributed by atoms with Crippen molar-refractivity contribution in [1.82, 2.24) is 25.4 Å². The zero-order valence-corrected chi connectivity index (χ0v) is 14.2. The third-order valence-corrected chi connectivity index (χ3v) is 4.70. The molecule has 1 saturated heterocycles. The van der Waals surface area contributed by atoms with Gasteiger partial charge in [0.1, 0.15) is 5.01 Å². The Kier molecular flexibility index (Phi) is 5.96. The summed E-state index contributed by atoms with van der Waals surface area (Å²) < 4.78 is 0. The molecule has 118 valence electrons. The number of aryl methyl sites for hydroxylation is 1. The second-order valence-electron chi connectivity index (χ2n) is 5.57. The Bertz CT molecular complexity index is 472. The lowest BCUT2D eigenvalue weighted by atomic mass is 10.2. The molecular formula is C14H26N6S. The molecule has 2 N–H and O–H groups in total. The van der Waals surface area contributed by atoms with Gasteiger partial charge in [0.15, 0.2) is 5.96 Å². The van der Waals surface area contributed by atoms with Crippen molar-refractivity contribution in [3.8, 4) is 0 Å². The molecule has 1 aromatic heterocycles. The minimum absolute atomic E-state index is 0.518. The molecule has 0 amide bonds. The maximum absolute atomic E-state index is 4.35. The molecule has 6 nitrogen and oxygen atoms in total. The van der Waals surface area contributed by atoms with Crippen molar-refractivity contribution in [3.05, 3.63) is 16.1 Å². The minimum Gasteiger partial charge on any atom is -0.355 e. The Morgan fingerprint density at radius 2 is 2.24 bits per heavy atom. The number of hydrogen-bond donors (Lipinski definition) is 2. The summed E-state index contributed by atoms with van der Waals surface area (Å²) in [5, 5.41) is 7.82. The van der Waals surface area contributed by atoms with E-state index in [1.165, 1.54) is 4.88 Å². The average molecular weight is 310 g/mol. The lowest BCUT2D eigenvalue weighted by Gasteiger charge is -2.37. The van der Waals surface area contributed by atoms with Gasteiger partial charge in [0.25, 0.3) is 0 Å². The Labute approximate surface area is 131 Å². The first-order valence-corrected chi connectivity index (χ1v) is 8.14. The first-order chi connectivity index (χ1) is 10.1. The molecule has 2 rings (SSSR count). The highest BCUT2D eigenvalue weighted by molar-refractivity contribution is 7.11. The van der Waals surface area contributed by atoms with Gasteiger partial charge in [-0.1, -0.05) is 0 Å². The molecule has 7 heteroatoms. The molecule has 1 aliphatic heterocycles. The first kappa shape index (κ1) is 16.2. The van der Waals surface area contributed by atoms with E-state index in [0.29, 0.717) is 6.04 Å². The minimum atomic E-state index is 0.518. The number of likely N-dealkylation sites (N-methyl/N-ethyl adjacent to an activating group) is 2. The molecule has 0 bridgehead atoms. The Morgan fingerprint density at radius 1 is 1.43 bits per heavy atom. The fourth-order valence-electron chi connectivity index (χ4n) is 2.40. The van der Waals surface area contributed by atoms with Gasteiger partial charge in [-0.05, 0) is 21.0 Å². The maximum Gasteiger partial charge on any atom is 0.191 e. The molecule has 1 fully saturated rings. The molecule has 1 atom stereocenters. The molecule has 0 saturated carbocycles. The van der Waals surface area contributed by atoms with E-state index in [-0.39, 0.29) is 0 Å². The van der Waals surface area contributed by atoms with Crippen LogP contribution in [0, 0.1) is 6.92 Å². The summed E-state index contributed by atoms with van der Waals surface area (Å²) in [6.45, 7) is 7.04. The zero-order chi connectivity index (χ0) is 15.2. The SMILES string of the molecule is CN=C(NCc1ncc(C)s1)NCC1CN(C)CCN1C. The summed E-state index contributed by atoms with van der Waals surface area (Å²) in [5.74, 6) is 0.837. The molecule has 0 spiro atoms. The molecule has 1 unspecified atom stereocenters. The second kappa shape index (κ2) is 7.72. The van der Waals surface area contributed by atoms with E-state index in [0.717, 1.165) is 43.7 Å². The Morgan fingerprint density at radius 3 is 2.90 bits per heavy atom. The fourth-order valence-corrected chi connectivity index (χ4v) is 3.13. The van der Waals surface area contributed by atoms with E-state index in [9.17, 15) is 0 Å². The lowest BCUT2D eigenvalue weighted by molar-refractivity contribution is 0.116. The quantitative estimate of drug-likeness (QED) is 0.621. The van der Waals surface area contributed by atoms with Crippen molar-refractivity contribution in [2.24, 2.45) is 4.99 Å². The van der Waals surface area contributed by atoms with Gasteiger partial charge in [-0.3, -0.25) is 9.89 Å². The zero-order valence-electron chi connectivity index (χ0n) is 13.4. The topological polar surface area (TPSA) is 55.8 Å². The summed E-state index contributed by atoms with van der Waals surface area (Å²) >= 11 is 1.72. The fraction of sp³-hybridized carbons (Fsp3) is 0.714. The Balaban J connectivity index is 1.77. The van der Waals surface area contributed by atoms with Gasteiger partial charge < -0.3 is 15.5 Å². The van der Waals surface area contributed by atoms with Gasteiger partial charge >= 0.3 is 0 Å². The summed E-state index contributed by atoms with van der Waals surface area (Å²) in [5.41, 5.74) is 0. The molecule has 2 heterocycles. The predicted octanol–water partition coefficient (Wildman–Crippen LogP) is 0.362. The van der Waals surface area contributed by atoms with E-state index in [4.69, 9.17) is 0 Å². The van der Waals surface area contributed by atoms with E-state index in [1.807, 2.05) is 6.20 Å². The number of thiazole rings is 1. The van der Waals surface area contributed by atoms with Gasteiger partial charge in [0.05, 0.1) is 6.54 Å². The number of aromatic nitrogens is 1. The molecule has 0 aromatic carbocycles. The molecule has 0 radical (unpaired) electrons. The lowest BCUT2D eigenvalue weighted by Crippen LogP contribution is -2.55. The van der Waals surface area contributed by atoms with Crippen LogP contribution >= 0.6 is 11.3 Å². The average Bonchev–Trinajstić information content (AvgIpc) is 2.88. The van der Waals surface area contributed by atoms with Crippen molar-refractivity contribution in [3.63, 3.8) is 0 Å². The maximum atomic E-state index is 4.35. The number of piperazine rings is 1. The van der Waals surface area contributed by atoms with E-state index in [1.54, 1.807) is 18.4 Å². The summed E-state index contributed by atoms with van der Waals surface area (Å²) in [7, 11) is 6.17. The highest BCUT2D eigenvalue weighted by atomic mass is 32.1. The van der Waals surface area contributed by atoms with Gasteiger partial charge in [-0.2, -0.15) is 0 Å². The van der Waals surface area contributed by atoms with Crippen LogP contribution < -0.4 is 10.6 Å². The summed E-state index contributed by atoms with van der Waals surface area (Å²) in [4.78, 5) is 14.7. The number of nitrogens with zero attached hydrogens (tertiary/aromatic N) is 4. The third kappa shape index (κ3) is 4.94. The molecule has 1 aromatic rings. The second-order valence-corrected chi connectivity index (χ2v) is 6.89. The molecule has 21 heavy (non-hydrogen) atoms. The van der Waals surface area contributed by atoms with Crippen molar-refractivity contribution in [1.29, 1.82) is 0 Å². The number of hydrogen-bond acceptors (Lipinski definition) is 5. The smallest absolute Gasteiger partial charge is 0.191 e. The predicted molar refractivity (Wildman–Crippen MR) is 89.0 cm³/mol. The van der Waals surface area contributed by atoms with Crippen LogP contribution in [0.5, 0.6) is 0 Å². The van der Waals surface area contributed by atoms with E-state index < -0.39 is 0 Å². The summed E-state index contributed by atoms with van der Waals surface area (Å²) in [6.07, 6.45) is 1.91. The van der Waals surface area contributed by atoms with Crippen molar-refractivity contribution in [2.45, 2.75) is 19.5 Å². The van der Waals surface area contributed by atoms with Crippen LogP contribution in [0.25, 0.3) is 0 Å². The van der Waals surface area contributed by atoms with E-state index >= 15 is 0 Å².